The van der Waals surface area contributed by atoms with Crippen LogP contribution in [-0.2, 0) is 14.3 Å². The van der Waals surface area contributed by atoms with Gasteiger partial charge in [-0.25, -0.2) is 0 Å². The van der Waals surface area contributed by atoms with Crippen molar-refractivity contribution in [2.75, 3.05) is 25.6 Å². The van der Waals surface area contributed by atoms with Crippen molar-refractivity contribution in [3.8, 4) is 0 Å². The van der Waals surface area contributed by atoms with Gasteiger partial charge in [0.1, 0.15) is 5.41 Å². The average Bonchev–Trinajstić information content (AvgIpc) is 2.46. The molecule has 2 N–H and O–H groups in total. The molecule has 0 saturated carbocycles. The second kappa shape index (κ2) is 8.29. The SMILES string of the molecule is COCCCNC(=O)C(C)(C)C(=O)Nc1ccc(Br)cc1C. The number of amides is 2. The molecule has 0 bridgehead atoms. The van der Waals surface area contributed by atoms with Crippen LogP contribution in [0.25, 0.3) is 0 Å². The minimum absolute atomic E-state index is 0.295. The maximum Gasteiger partial charge on any atom is 0.239 e. The summed E-state index contributed by atoms with van der Waals surface area (Å²) in [6.45, 7) is 6.19. The zero-order valence-electron chi connectivity index (χ0n) is 13.5. The van der Waals surface area contributed by atoms with E-state index in [-0.39, 0.29) is 11.8 Å². The van der Waals surface area contributed by atoms with E-state index in [1.54, 1.807) is 21.0 Å². The molecular formula is C16H23BrN2O3. The highest BCUT2D eigenvalue weighted by atomic mass is 79.9. The second-order valence-electron chi connectivity index (χ2n) is 5.64. The van der Waals surface area contributed by atoms with Crippen LogP contribution in [0.15, 0.2) is 22.7 Å². The Morgan fingerprint density at radius 3 is 2.55 bits per heavy atom. The van der Waals surface area contributed by atoms with E-state index in [9.17, 15) is 9.59 Å². The molecule has 22 heavy (non-hydrogen) atoms. The average molecular weight is 371 g/mol. The number of carbonyl (C=O) groups excluding carboxylic acids is 2. The molecule has 1 aromatic carbocycles. The Morgan fingerprint density at radius 2 is 1.95 bits per heavy atom. The van der Waals surface area contributed by atoms with Gasteiger partial charge in [-0.15, -0.1) is 0 Å². The Hall–Kier alpha value is -1.40. The van der Waals surface area contributed by atoms with Gasteiger partial charge in [-0.3, -0.25) is 9.59 Å². The van der Waals surface area contributed by atoms with Gasteiger partial charge in [-0.1, -0.05) is 15.9 Å². The summed E-state index contributed by atoms with van der Waals surface area (Å²) < 4.78 is 5.87. The van der Waals surface area contributed by atoms with E-state index < -0.39 is 5.41 Å². The van der Waals surface area contributed by atoms with Gasteiger partial charge in [0.15, 0.2) is 0 Å². The Labute approximate surface area is 139 Å². The summed E-state index contributed by atoms with van der Waals surface area (Å²) in [5.41, 5.74) is 0.486. The minimum Gasteiger partial charge on any atom is -0.385 e. The van der Waals surface area contributed by atoms with Crippen molar-refractivity contribution >= 4 is 33.4 Å². The maximum absolute atomic E-state index is 12.4. The van der Waals surface area contributed by atoms with Crippen LogP contribution in [-0.4, -0.2) is 32.1 Å². The first-order valence-corrected chi connectivity index (χ1v) is 7.93. The van der Waals surface area contributed by atoms with Crippen molar-refractivity contribution in [3.05, 3.63) is 28.2 Å². The zero-order valence-corrected chi connectivity index (χ0v) is 15.0. The predicted molar refractivity (Wildman–Crippen MR) is 90.8 cm³/mol. The van der Waals surface area contributed by atoms with Crippen molar-refractivity contribution < 1.29 is 14.3 Å². The summed E-state index contributed by atoms with van der Waals surface area (Å²) in [4.78, 5) is 24.6. The fraction of sp³-hybridized carbons (Fsp3) is 0.500. The normalized spacial score (nSPS) is 11.1. The Kier molecular flexibility index (Phi) is 7.03. The highest BCUT2D eigenvalue weighted by molar-refractivity contribution is 9.10. The van der Waals surface area contributed by atoms with Gasteiger partial charge < -0.3 is 15.4 Å². The number of anilines is 1. The fourth-order valence-electron chi connectivity index (χ4n) is 1.79. The molecule has 0 aliphatic rings. The monoisotopic (exact) mass is 370 g/mol. The molecule has 6 heteroatoms. The number of methoxy groups -OCH3 is 1. The molecule has 1 aromatic rings. The topological polar surface area (TPSA) is 67.4 Å². The lowest BCUT2D eigenvalue weighted by Gasteiger charge is -2.23. The van der Waals surface area contributed by atoms with Gasteiger partial charge in [-0.2, -0.15) is 0 Å². The number of nitrogens with one attached hydrogen (secondary N) is 2. The Morgan fingerprint density at radius 1 is 1.27 bits per heavy atom. The highest BCUT2D eigenvalue weighted by Gasteiger charge is 2.36. The molecule has 5 nitrogen and oxygen atoms in total. The smallest absolute Gasteiger partial charge is 0.239 e. The van der Waals surface area contributed by atoms with Crippen molar-refractivity contribution in [1.82, 2.24) is 5.32 Å². The molecular weight excluding hydrogens is 348 g/mol. The van der Waals surface area contributed by atoms with E-state index in [0.29, 0.717) is 25.3 Å². The van der Waals surface area contributed by atoms with Crippen molar-refractivity contribution in [3.63, 3.8) is 0 Å². The molecule has 0 aromatic heterocycles. The standard InChI is InChI=1S/C16H23BrN2O3/c1-11-10-12(17)6-7-13(11)19-15(21)16(2,3)14(20)18-8-5-9-22-4/h6-7,10H,5,8-9H2,1-4H3,(H,18,20)(H,19,21). The molecule has 1 rings (SSSR count). The number of halogens is 1. The van der Waals surface area contributed by atoms with Crippen LogP contribution >= 0.6 is 15.9 Å². The van der Waals surface area contributed by atoms with Gasteiger partial charge in [0, 0.05) is 30.4 Å². The van der Waals surface area contributed by atoms with Crippen molar-refractivity contribution in [2.24, 2.45) is 5.41 Å². The lowest BCUT2D eigenvalue weighted by atomic mass is 9.90. The molecule has 0 atom stereocenters. The summed E-state index contributed by atoms with van der Waals surface area (Å²) in [5.74, 6) is -0.627. The number of aryl methyl sites for hydroxylation is 1. The number of hydrogen-bond acceptors (Lipinski definition) is 3. The molecule has 2 amide bonds. The van der Waals surface area contributed by atoms with E-state index in [1.165, 1.54) is 0 Å². The van der Waals surface area contributed by atoms with Crippen molar-refractivity contribution in [1.29, 1.82) is 0 Å². The van der Waals surface area contributed by atoms with Gasteiger partial charge >= 0.3 is 0 Å². The van der Waals surface area contributed by atoms with E-state index in [0.717, 1.165) is 10.0 Å². The first-order chi connectivity index (χ1) is 10.3. The van der Waals surface area contributed by atoms with Crippen molar-refractivity contribution in [2.45, 2.75) is 27.2 Å². The van der Waals surface area contributed by atoms with Crippen LogP contribution < -0.4 is 10.6 Å². The van der Waals surface area contributed by atoms with Crippen LogP contribution in [0.1, 0.15) is 25.8 Å². The van der Waals surface area contributed by atoms with Gasteiger partial charge in [0.05, 0.1) is 0 Å². The molecule has 0 saturated heterocycles. The third kappa shape index (κ3) is 5.10. The van der Waals surface area contributed by atoms with E-state index in [1.807, 2.05) is 25.1 Å². The minimum atomic E-state index is -1.15. The number of carbonyl (C=O) groups is 2. The zero-order chi connectivity index (χ0) is 16.8. The van der Waals surface area contributed by atoms with E-state index in [4.69, 9.17) is 4.74 Å². The van der Waals surface area contributed by atoms with E-state index >= 15 is 0 Å². The molecule has 0 heterocycles. The summed E-state index contributed by atoms with van der Waals surface area (Å²) in [7, 11) is 1.61. The largest absolute Gasteiger partial charge is 0.385 e. The summed E-state index contributed by atoms with van der Waals surface area (Å²) >= 11 is 3.38. The molecule has 0 spiro atoms. The Bertz CT molecular complexity index is 544. The third-order valence-electron chi connectivity index (χ3n) is 3.38. The molecule has 122 valence electrons. The van der Waals surface area contributed by atoms with Crippen LogP contribution in [0.5, 0.6) is 0 Å². The highest BCUT2D eigenvalue weighted by Crippen LogP contribution is 2.23. The maximum atomic E-state index is 12.4. The van der Waals surface area contributed by atoms with Crippen LogP contribution in [0.2, 0.25) is 0 Å². The van der Waals surface area contributed by atoms with E-state index in [2.05, 4.69) is 26.6 Å². The van der Waals surface area contributed by atoms with Crippen LogP contribution in [0.4, 0.5) is 5.69 Å². The van der Waals surface area contributed by atoms with Crippen LogP contribution in [0, 0.1) is 12.3 Å². The lowest BCUT2D eigenvalue weighted by Crippen LogP contribution is -2.45. The first-order valence-electron chi connectivity index (χ1n) is 7.14. The van der Waals surface area contributed by atoms with Crippen LogP contribution in [0.3, 0.4) is 0 Å². The number of ether oxygens (including phenoxy) is 1. The second-order valence-corrected chi connectivity index (χ2v) is 6.56. The summed E-state index contributed by atoms with van der Waals surface area (Å²) in [6.07, 6.45) is 0.714. The fourth-order valence-corrected chi connectivity index (χ4v) is 2.26. The summed E-state index contributed by atoms with van der Waals surface area (Å²) in [5, 5.41) is 5.58. The molecule has 0 aliphatic carbocycles. The quantitative estimate of drug-likeness (QED) is 0.572. The number of hydrogen-bond donors (Lipinski definition) is 2. The van der Waals surface area contributed by atoms with Gasteiger partial charge in [-0.05, 0) is 51.0 Å². The summed E-state index contributed by atoms with van der Waals surface area (Å²) in [6, 6.07) is 5.57. The molecule has 0 aliphatic heterocycles. The Balaban J connectivity index is 2.67. The number of benzene rings is 1. The first kappa shape index (κ1) is 18.6. The number of rotatable bonds is 7. The lowest BCUT2D eigenvalue weighted by molar-refractivity contribution is -0.138. The third-order valence-corrected chi connectivity index (χ3v) is 3.88. The van der Waals surface area contributed by atoms with Gasteiger partial charge in [0.2, 0.25) is 11.8 Å². The molecule has 0 unspecified atom stereocenters. The van der Waals surface area contributed by atoms with Gasteiger partial charge in [0.25, 0.3) is 0 Å². The molecule has 0 radical (unpaired) electrons. The predicted octanol–water partition coefficient (Wildman–Crippen LogP) is 2.87. The molecule has 0 fully saturated rings.